The summed E-state index contributed by atoms with van der Waals surface area (Å²) in [5, 5.41) is 3.33. The minimum absolute atomic E-state index is 0.00196. The fourth-order valence-corrected chi connectivity index (χ4v) is 2.70. The molecule has 0 aromatic heterocycles. The first-order valence-electron chi connectivity index (χ1n) is 7.07. The molecule has 0 unspecified atom stereocenters. The summed E-state index contributed by atoms with van der Waals surface area (Å²) in [6.45, 7) is 5.40. The lowest BCUT2D eigenvalue weighted by atomic mass is 9.96. The van der Waals surface area contributed by atoms with Crippen LogP contribution in [0.1, 0.15) is 30.1 Å². The molecule has 3 nitrogen and oxygen atoms in total. The lowest BCUT2D eigenvalue weighted by Crippen LogP contribution is -2.41. The van der Waals surface area contributed by atoms with Gasteiger partial charge >= 0.3 is 0 Å². The normalized spacial score (nSPS) is 16.4. The Morgan fingerprint density at radius 1 is 1.45 bits per heavy atom. The van der Waals surface area contributed by atoms with Gasteiger partial charge in [0.15, 0.2) is 5.82 Å². The van der Waals surface area contributed by atoms with E-state index < -0.39 is 5.82 Å². The SMILES string of the molecule is CCNCC1CCN(C(=O)c2cccc(Cl)c2F)CC1. The maximum Gasteiger partial charge on any atom is 0.256 e. The summed E-state index contributed by atoms with van der Waals surface area (Å²) in [7, 11) is 0. The number of carbonyl (C=O) groups is 1. The van der Waals surface area contributed by atoms with E-state index in [9.17, 15) is 9.18 Å². The molecule has 1 aliphatic heterocycles. The number of benzene rings is 1. The smallest absolute Gasteiger partial charge is 0.256 e. The van der Waals surface area contributed by atoms with Crippen molar-refractivity contribution in [3.8, 4) is 0 Å². The molecule has 1 heterocycles. The average molecular weight is 299 g/mol. The van der Waals surface area contributed by atoms with Gasteiger partial charge in [-0.05, 0) is 44.0 Å². The molecule has 110 valence electrons. The highest BCUT2D eigenvalue weighted by molar-refractivity contribution is 6.31. The van der Waals surface area contributed by atoms with Crippen LogP contribution in [0, 0.1) is 11.7 Å². The van der Waals surface area contributed by atoms with Crippen molar-refractivity contribution in [2.45, 2.75) is 19.8 Å². The summed E-state index contributed by atoms with van der Waals surface area (Å²) < 4.78 is 13.9. The van der Waals surface area contributed by atoms with Crippen molar-refractivity contribution in [1.82, 2.24) is 10.2 Å². The highest BCUT2D eigenvalue weighted by Crippen LogP contribution is 2.22. The second-order valence-corrected chi connectivity index (χ2v) is 5.55. The van der Waals surface area contributed by atoms with Crippen LogP contribution in [0.2, 0.25) is 5.02 Å². The fraction of sp³-hybridized carbons (Fsp3) is 0.533. The lowest BCUT2D eigenvalue weighted by Gasteiger charge is -2.32. The van der Waals surface area contributed by atoms with Crippen LogP contribution < -0.4 is 5.32 Å². The topological polar surface area (TPSA) is 32.3 Å². The van der Waals surface area contributed by atoms with Gasteiger partial charge in [-0.15, -0.1) is 0 Å². The van der Waals surface area contributed by atoms with Crippen LogP contribution in [0.3, 0.4) is 0 Å². The molecule has 2 rings (SSSR count). The summed E-state index contributed by atoms with van der Waals surface area (Å²) in [5.41, 5.74) is 0.0719. The molecule has 1 N–H and O–H groups in total. The van der Waals surface area contributed by atoms with Gasteiger partial charge in [0, 0.05) is 13.1 Å². The summed E-state index contributed by atoms with van der Waals surface area (Å²) in [6, 6.07) is 4.56. The lowest BCUT2D eigenvalue weighted by molar-refractivity contribution is 0.0685. The minimum Gasteiger partial charge on any atom is -0.339 e. The average Bonchev–Trinajstić information content (AvgIpc) is 2.48. The molecule has 1 fully saturated rings. The van der Waals surface area contributed by atoms with Crippen LogP contribution >= 0.6 is 11.6 Å². The summed E-state index contributed by atoms with van der Waals surface area (Å²) in [6.07, 6.45) is 1.92. The fourth-order valence-electron chi connectivity index (χ4n) is 2.53. The number of likely N-dealkylation sites (tertiary alicyclic amines) is 1. The second kappa shape index (κ2) is 7.04. The van der Waals surface area contributed by atoms with Gasteiger partial charge in [0.25, 0.3) is 5.91 Å². The van der Waals surface area contributed by atoms with Gasteiger partial charge in [0.2, 0.25) is 0 Å². The molecule has 1 aromatic carbocycles. The van der Waals surface area contributed by atoms with E-state index in [0.717, 1.165) is 25.9 Å². The summed E-state index contributed by atoms with van der Waals surface area (Å²) >= 11 is 5.72. The first kappa shape index (κ1) is 15.3. The Balaban J connectivity index is 1.96. The van der Waals surface area contributed by atoms with Crippen molar-refractivity contribution < 1.29 is 9.18 Å². The molecule has 1 saturated heterocycles. The van der Waals surface area contributed by atoms with Crippen LogP contribution in [0.5, 0.6) is 0 Å². The molecule has 20 heavy (non-hydrogen) atoms. The molecule has 0 radical (unpaired) electrons. The Kier molecular flexibility index (Phi) is 5.38. The monoisotopic (exact) mass is 298 g/mol. The van der Waals surface area contributed by atoms with Crippen molar-refractivity contribution >= 4 is 17.5 Å². The van der Waals surface area contributed by atoms with E-state index in [2.05, 4.69) is 12.2 Å². The van der Waals surface area contributed by atoms with Gasteiger partial charge < -0.3 is 10.2 Å². The van der Waals surface area contributed by atoms with E-state index in [1.807, 2.05) is 0 Å². The highest BCUT2D eigenvalue weighted by Gasteiger charge is 2.25. The Hall–Kier alpha value is -1.13. The Morgan fingerprint density at radius 2 is 2.15 bits per heavy atom. The maximum absolute atomic E-state index is 13.9. The van der Waals surface area contributed by atoms with Crippen molar-refractivity contribution in [2.24, 2.45) is 5.92 Å². The van der Waals surface area contributed by atoms with Crippen molar-refractivity contribution in [3.63, 3.8) is 0 Å². The first-order chi connectivity index (χ1) is 9.63. The Bertz CT molecular complexity index is 473. The quantitative estimate of drug-likeness (QED) is 0.927. The number of nitrogens with zero attached hydrogens (tertiary/aromatic N) is 1. The number of rotatable bonds is 4. The number of piperidine rings is 1. The second-order valence-electron chi connectivity index (χ2n) is 5.14. The van der Waals surface area contributed by atoms with Crippen LogP contribution in [-0.2, 0) is 0 Å². The number of nitrogens with one attached hydrogen (secondary N) is 1. The molecule has 0 aliphatic carbocycles. The predicted octanol–water partition coefficient (Wildman–Crippen LogP) is 2.94. The summed E-state index contributed by atoms with van der Waals surface area (Å²) in [4.78, 5) is 14.0. The third kappa shape index (κ3) is 3.49. The largest absolute Gasteiger partial charge is 0.339 e. The van der Waals surface area contributed by atoms with E-state index in [1.165, 1.54) is 12.1 Å². The van der Waals surface area contributed by atoms with E-state index in [1.54, 1.807) is 11.0 Å². The number of hydrogen-bond acceptors (Lipinski definition) is 2. The molecule has 5 heteroatoms. The molecule has 1 aliphatic rings. The van der Waals surface area contributed by atoms with E-state index in [-0.39, 0.29) is 16.5 Å². The maximum atomic E-state index is 13.9. The molecule has 0 spiro atoms. The third-order valence-electron chi connectivity index (χ3n) is 3.77. The van der Waals surface area contributed by atoms with Crippen molar-refractivity contribution in [2.75, 3.05) is 26.2 Å². The number of amides is 1. The third-order valence-corrected chi connectivity index (χ3v) is 4.06. The highest BCUT2D eigenvalue weighted by atomic mass is 35.5. The number of hydrogen-bond donors (Lipinski definition) is 1. The van der Waals surface area contributed by atoms with Gasteiger partial charge in [-0.2, -0.15) is 0 Å². The molecule has 0 saturated carbocycles. The van der Waals surface area contributed by atoms with Gasteiger partial charge in [-0.1, -0.05) is 24.6 Å². The van der Waals surface area contributed by atoms with Crippen LogP contribution in [0.25, 0.3) is 0 Å². The first-order valence-corrected chi connectivity index (χ1v) is 7.45. The zero-order valence-corrected chi connectivity index (χ0v) is 12.4. The van der Waals surface area contributed by atoms with Gasteiger partial charge in [0.1, 0.15) is 0 Å². The van der Waals surface area contributed by atoms with Gasteiger partial charge in [0.05, 0.1) is 10.6 Å². The Labute approximate surface area is 124 Å². The molecule has 1 aromatic rings. The van der Waals surface area contributed by atoms with Crippen molar-refractivity contribution in [1.29, 1.82) is 0 Å². The van der Waals surface area contributed by atoms with Gasteiger partial charge in [-0.25, -0.2) is 4.39 Å². The molecular formula is C15H20ClFN2O. The zero-order chi connectivity index (χ0) is 14.5. The van der Waals surface area contributed by atoms with Crippen LogP contribution in [-0.4, -0.2) is 37.0 Å². The van der Waals surface area contributed by atoms with Crippen LogP contribution in [0.4, 0.5) is 4.39 Å². The number of halogens is 2. The zero-order valence-electron chi connectivity index (χ0n) is 11.7. The van der Waals surface area contributed by atoms with E-state index >= 15 is 0 Å². The predicted molar refractivity (Wildman–Crippen MR) is 78.6 cm³/mol. The van der Waals surface area contributed by atoms with Gasteiger partial charge in [-0.3, -0.25) is 4.79 Å². The molecule has 1 amide bonds. The summed E-state index contributed by atoms with van der Waals surface area (Å²) in [5.74, 6) is -0.274. The van der Waals surface area contributed by atoms with Crippen molar-refractivity contribution in [3.05, 3.63) is 34.6 Å². The van der Waals surface area contributed by atoms with E-state index in [0.29, 0.717) is 19.0 Å². The Morgan fingerprint density at radius 3 is 2.80 bits per heavy atom. The minimum atomic E-state index is -0.617. The standard InChI is InChI=1S/C15H20ClFN2O/c1-2-18-10-11-6-8-19(9-7-11)15(20)12-4-3-5-13(16)14(12)17/h3-5,11,18H,2,6-10H2,1H3. The van der Waals surface area contributed by atoms with E-state index in [4.69, 9.17) is 11.6 Å². The molecule has 0 bridgehead atoms. The van der Waals surface area contributed by atoms with Crippen LogP contribution in [0.15, 0.2) is 18.2 Å². The molecule has 0 atom stereocenters. The molecular weight excluding hydrogens is 279 g/mol. The number of carbonyl (C=O) groups excluding carboxylic acids is 1.